The quantitative estimate of drug-likeness (QED) is 0.946. The van der Waals surface area contributed by atoms with Crippen LogP contribution < -0.4 is 10.2 Å². The Hall–Kier alpha value is -2.21. The normalized spacial score (nSPS) is 18.3. The molecule has 3 rings (SSSR count). The molecule has 1 aliphatic heterocycles. The number of hydrogen-bond acceptors (Lipinski definition) is 4. The summed E-state index contributed by atoms with van der Waals surface area (Å²) in [5, 5.41) is 6.61. The van der Waals surface area contributed by atoms with Crippen molar-refractivity contribution in [1.29, 1.82) is 0 Å². The van der Waals surface area contributed by atoms with E-state index in [1.165, 1.54) is 11.3 Å². The van der Waals surface area contributed by atoms with E-state index in [2.05, 4.69) is 10.3 Å². The number of aryl methyl sites for hydroxylation is 1. The van der Waals surface area contributed by atoms with Gasteiger partial charge in [0.1, 0.15) is 6.04 Å². The van der Waals surface area contributed by atoms with Gasteiger partial charge in [0.05, 0.1) is 17.4 Å². The van der Waals surface area contributed by atoms with E-state index >= 15 is 0 Å². The molecule has 2 aromatic heterocycles. The number of nitrogens with zero attached hydrogens (tertiary/aromatic N) is 2. The fourth-order valence-corrected chi connectivity index (χ4v) is 3.44. The number of piperidine rings is 1. The van der Waals surface area contributed by atoms with Crippen LogP contribution in [0.5, 0.6) is 0 Å². The lowest BCUT2D eigenvalue weighted by molar-refractivity contribution is -0.121. The Morgan fingerprint density at radius 1 is 1.45 bits per heavy atom. The van der Waals surface area contributed by atoms with Crippen LogP contribution in [0.15, 0.2) is 35.3 Å². The number of amides is 2. The highest BCUT2D eigenvalue weighted by Gasteiger charge is 2.31. The van der Waals surface area contributed by atoms with Gasteiger partial charge in [-0.2, -0.15) is 11.3 Å². The van der Waals surface area contributed by atoms with E-state index in [0.29, 0.717) is 18.5 Å². The number of rotatable bonds is 3. The number of carbonyl (C=O) groups is 2. The zero-order valence-corrected chi connectivity index (χ0v) is 13.1. The average molecular weight is 315 g/mol. The van der Waals surface area contributed by atoms with Crippen LogP contribution in [-0.2, 0) is 4.79 Å². The van der Waals surface area contributed by atoms with E-state index in [-0.39, 0.29) is 11.8 Å². The van der Waals surface area contributed by atoms with E-state index in [1.807, 2.05) is 23.8 Å². The number of thiophene rings is 1. The fourth-order valence-electron chi connectivity index (χ4n) is 2.61. The molecule has 22 heavy (non-hydrogen) atoms. The second kappa shape index (κ2) is 6.27. The number of carbonyl (C=O) groups excluding carboxylic acids is 2. The first kappa shape index (κ1) is 14.7. The number of aromatic nitrogens is 1. The number of pyridine rings is 1. The first-order chi connectivity index (χ1) is 10.7. The maximum absolute atomic E-state index is 12.6. The molecule has 6 heteroatoms. The molecule has 1 unspecified atom stereocenters. The van der Waals surface area contributed by atoms with Gasteiger partial charge in [0.15, 0.2) is 0 Å². The molecule has 0 aliphatic carbocycles. The van der Waals surface area contributed by atoms with Gasteiger partial charge in [0, 0.05) is 18.1 Å². The predicted molar refractivity (Wildman–Crippen MR) is 86.1 cm³/mol. The molecule has 5 nitrogen and oxygen atoms in total. The number of hydrogen-bond donors (Lipinski definition) is 1. The second-order valence-electron chi connectivity index (χ2n) is 5.34. The van der Waals surface area contributed by atoms with Gasteiger partial charge in [-0.05, 0) is 42.8 Å². The van der Waals surface area contributed by atoms with Crippen LogP contribution in [0.1, 0.15) is 28.8 Å². The summed E-state index contributed by atoms with van der Waals surface area (Å²) in [4.78, 5) is 30.6. The maximum Gasteiger partial charge on any atom is 0.253 e. The standard InChI is InChI=1S/C16H17N3O2S/c1-11-9-22-10-13(11)15(20)18-14-5-3-7-19(16(14)21)12-4-2-6-17-8-12/h2,4,6,8-10,14H,3,5,7H2,1H3,(H,18,20). The topological polar surface area (TPSA) is 62.3 Å². The molecule has 1 saturated heterocycles. The highest BCUT2D eigenvalue weighted by molar-refractivity contribution is 7.08. The van der Waals surface area contributed by atoms with E-state index in [0.717, 1.165) is 17.7 Å². The summed E-state index contributed by atoms with van der Waals surface area (Å²) in [5.41, 5.74) is 2.37. The van der Waals surface area contributed by atoms with Gasteiger partial charge in [-0.25, -0.2) is 0 Å². The molecule has 0 aromatic carbocycles. The molecule has 0 radical (unpaired) electrons. The molecule has 1 atom stereocenters. The van der Waals surface area contributed by atoms with Gasteiger partial charge in [-0.1, -0.05) is 0 Å². The molecule has 3 heterocycles. The molecule has 2 aromatic rings. The Morgan fingerprint density at radius 2 is 2.32 bits per heavy atom. The van der Waals surface area contributed by atoms with Crippen molar-refractivity contribution in [3.05, 3.63) is 46.4 Å². The Labute approximate surface area is 133 Å². The zero-order valence-electron chi connectivity index (χ0n) is 12.3. The zero-order chi connectivity index (χ0) is 15.5. The van der Waals surface area contributed by atoms with Gasteiger partial charge in [-0.15, -0.1) is 0 Å². The Balaban J connectivity index is 1.73. The molecule has 1 fully saturated rings. The van der Waals surface area contributed by atoms with Crippen LogP contribution in [0, 0.1) is 6.92 Å². The Bertz CT molecular complexity index is 684. The molecule has 0 bridgehead atoms. The molecular formula is C16H17N3O2S. The highest BCUT2D eigenvalue weighted by Crippen LogP contribution is 2.21. The van der Waals surface area contributed by atoms with Crippen molar-refractivity contribution in [1.82, 2.24) is 10.3 Å². The summed E-state index contributed by atoms with van der Waals surface area (Å²) in [5.74, 6) is -0.245. The third kappa shape index (κ3) is 2.87. The smallest absolute Gasteiger partial charge is 0.253 e. The number of anilines is 1. The van der Waals surface area contributed by atoms with Gasteiger partial charge in [0.25, 0.3) is 5.91 Å². The van der Waals surface area contributed by atoms with Crippen molar-refractivity contribution in [3.63, 3.8) is 0 Å². The lowest BCUT2D eigenvalue weighted by atomic mass is 10.0. The summed E-state index contributed by atoms with van der Waals surface area (Å²) in [7, 11) is 0. The Morgan fingerprint density at radius 3 is 3.00 bits per heavy atom. The molecule has 0 spiro atoms. The fraction of sp³-hybridized carbons (Fsp3) is 0.312. The third-order valence-corrected chi connectivity index (χ3v) is 4.66. The lowest BCUT2D eigenvalue weighted by Gasteiger charge is -2.32. The van der Waals surface area contributed by atoms with Crippen molar-refractivity contribution in [3.8, 4) is 0 Å². The lowest BCUT2D eigenvalue weighted by Crippen LogP contribution is -2.52. The SMILES string of the molecule is Cc1cscc1C(=O)NC1CCCN(c2cccnc2)C1=O. The largest absolute Gasteiger partial charge is 0.340 e. The van der Waals surface area contributed by atoms with Crippen LogP contribution in [0.2, 0.25) is 0 Å². The van der Waals surface area contributed by atoms with Gasteiger partial charge in [-0.3, -0.25) is 14.6 Å². The van der Waals surface area contributed by atoms with Crippen molar-refractivity contribution >= 4 is 28.8 Å². The van der Waals surface area contributed by atoms with Crippen LogP contribution in [0.4, 0.5) is 5.69 Å². The summed E-state index contributed by atoms with van der Waals surface area (Å²) in [6.07, 6.45) is 4.88. The van der Waals surface area contributed by atoms with Crippen molar-refractivity contribution in [2.75, 3.05) is 11.4 Å². The van der Waals surface area contributed by atoms with Crippen LogP contribution in [0.3, 0.4) is 0 Å². The van der Waals surface area contributed by atoms with Gasteiger partial charge in [0.2, 0.25) is 5.91 Å². The average Bonchev–Trinajstić information content (AvgIpc) is 2.96. The van der Waals surface area contributed by atoms with Crippen LogP contribution in [-0.4, -0.2) is 29.4 Å². The molecule has 114 valence electrons. The van der Waals surface area contributed by atoms with E-state index < -0.39 is 6.04 Å². The summed E-state index contributed by atoms with van der Waals surface area (Å²) in [6, 6.07) is 3.19. The van der Waals surface area contributed by atoms with Crippen LogP contribution in [0.25, 0.3) is 0 Å². The van der Waals surface area contributed by atoms with Gasteiger partial charge < -0.3 is 10.2 Å². The molecule has 1 aliphatic rings. The minimum atomic E-state index is -0.472. The molecule has 0 saturated carbocycles. The predicted octanol–water partition coefficient (Wildman–Crippen LogP) is 2.38. The summed E-state index contributed by atoms with van der Waals surface area (Å²) in [6.45, 7) is 2.56. The van der Waals surface area contributed by atoms with Gasteiger partial charge >= 0.3 is 0 Å². The van der Waals surface area contributed by atoms with E-state index in [1.54, 1.807) is 23.4 Å². The minimum absolute atomic E-state index is 0.0690. The third-order valence-electron chi connectivity index (χ3n) is 3.80. The first-order valence-corrected chi connectivity index (χ1v) is 8.16. The minimum Gasteiger partial charge on any atom is -0.340 e. The number of nitrogens with one attached hydrogen (secondary N) is 1. The van der Waals surface area contributed by atoms with E-state index in [9.17, 15) is 9.59 Å². The summed E-state index contributed by atoms with van der Waals surface area (Å²) < 4.78 is 0. The van der Waals surface area contributed by atoms with E-state index in [4.69, 9.17) is 0 Å². The Kier molecular flexibility index (Phi) is 4.20. The summed E-state index contributed by atoms with van der Waals surface area (Å²) >= 11 is 1.49. The maximum atomic E-state index is 12.6. The molecular weight excluding hydrogens is 298 g/mol. The van der Waals surface area contributed by atoms with Crippen molar-refractivity contribution < 1.29 is 9.59 Å². The molecule has 1 N–H and O–H groups in total. The van der Waals surface area contributed by atoms with Crippen LogP contribution >= 0.6 is 11.3 Å². The van der Waals surface area contributed by atoms with Crippen molar-refractivity contribution in [2.45, 2.75) is 25.8 Å². The molecule has 2 amide bonds. The first-order valence-electron chi connectivity index (χ1n) is 7.22. The monoisotopic (exact) mass is 315 g/mol. The van der Waals surface area contributed by atoms with Crippen molar-refractivity contribution in [2.24, 2.45) is 0 Å². The highest BCUT2D eigenvalue weighted by atomic mass is 32.1. The second-order valence-corrected chi connectivity index (χ2v) is 6.08.